The summed E-state index contributed by atoms with van der Waals surface area (Å²) in [4.78, 5) is 1.27. The van der Waals surface area contributed by atoms with Gasteiger partial charge < -0.3 is 10.5 Å². The van der Waals surface area contributed by atoms with Crippen LogP contribution in [0.2, 0.25) is 0 Å². The molecule has 3 heteroatoms. The summed E-state index contributed by atoms with van der Waals surface area (Å²) in [5.41, 5.74) is 8.81. The van der Waals surface area contributed by atoms with E-state index in [-0.39, 0.29) is 6.04 Å². The van der Waals surface area contributed by atoms with E-state index in [0.717, 1.165) is 17.7 Å². The summed E-state index contributed by atoms with van der Waals surface area (Å²) in [6.07, 6.45) is 1.03. The average Bonchev–Trinajstić information content (AvgIpc) is 2.87. The lowest BCUT2D eigenvalue weighted by atomic mass is 10.0. The van der Waals surface area contributed by atoms with Gasteiger partial charge in [0.05, 0.1) is 12.6 Å². The molecule has 0 aliphatic heterocycles. The number of hydrogen-bond donors (Lipinski definition) is 1. The third-order valence-corrected chi connectivity index (χ3v) is 4.04. The standard InChI is InChI=1S/C15H19NOS/c1-3-11-9-10-18-15(11)14(16)12-5-7-13(8-6-12)17-4-2/h5-10,14H,3-4,16H2,1-2H3. The summed E-state index contributed by atoms with van der Waals surface area (Å²) < 4.78 is 5.44. The van der Waals surface area contributed by atoms with Crippen LogP contribution in [0.25, 0.3) is 0 Å². The van der Waals surface area contributed by atoms with E-state index in [9.17, 15) is 0 Å². The maximum absolute atomic E-state index is 6.33. The highest BCUT2D eigenvalue weighted by molar-refractivity contribution is 7.10. The van der Waals surface area contributed by atoms with Gasteiger partial charge in [0.25, 0.3) is 0 Å². The van der Waals surface area contributed by atoms with E-state index in [0.29, 0.717) is 6.61 Å². The number of aryl methyl sites for hydroxylation is 1. The fraction of sp³-hybridized carbons (Fsp3) is 0.333. The zero-order chi connectivity index (χ0) is 13.0. The third kappa shape index (κ3) is 2.74. The lowest BCUT2D eigenvalue weighted by molar-refractivity contribution is 0.340. The minimum atomic E-state index is -0.0318. The summed E-state index contributed by atoms with van der Waals surface area (Å²) in [6.45, 7) is 4.84. The predicted molar refractivity (Wildman–Crippen MR) is 77.3 cm³/mol. The number of benzene rings is 1. The first-order valence-corrected chi connectivity index (χ1v) is 7.18. The molecule has 2 aromatic rings. The van der Waals surface area contributed by atoms with Gasteiger partial charge in [0.2, 0.25) is 0 Å². The fourth-order valence-corrected chi connectivity index (χ4v) is 3.03. The molecular weight excluding hydrogens is 242 g/mol. The van der Waals surface area contributed by atoms with Gasteiger partial charge in [0, 0.05) is 4.88 Å². The Bertz CT molecular complexity index is 489. The maximum atomic E-state index is 6.33. The largest absolute Gasteiger partial charge is 0.494 e. The van der Waals surface area contributed by atoms with Crippen molar-refractivity contribution in [1.82, 2.24) is 0 Å². The number of thiophene rings is 1. The molecule has 0 fully saturated rings. The van der Waals surface area contributed by atoms with Crippen LogP contribution in [0.5, 0.6) is 5.75 Å². The highest BCUT2D eigenvalue weighted by atomic mass is 32.1. The highest BCUT2D eigenvalue weighted by Crippen LogP contribution is 2.29. The summed E-state index contributed by atoms with van der Waals surface area (Å²) >= 11 is 1.74. The van der Waals surface area contributed by atoms with Crippen LogP contribution in [-0.4, -0.2) is 6.61 Å². The van der Waals surface area contributed by atoms with Gasteiger partial charge in [-0.1, -0.05) is 19.1 Å². The van der Waals surface area contributed by atoms with E-state index in [1.807, 2.05) is 19.1 Å². The smallest absolute Gasteiger partial charge is 0.119 e. The maximum Gasteiger partial charge on any atom is 0.119 e. The van der Waals surface area contributed by atoms with Gasteiger partial charge >= 0.3 is 0 Å². The Labute approximate surface area is 112 Å². The molecule has 0 amide bonds. The van der Waals surface area contributed by atoms with Gasteiger partial charge in [-0.3, -0.25) is 0 Å². The van der Waals surface area contributed by atoms with Crippen molar-refractivity contribution in [2.24, 2.45) is 5.73 Å². The van der Waals surface area contributed by atoms with Crippen LogP contribution in [0.15, 0.2) is 35.7 Å². The van der Waals surface area contributed by atoms with E-state index in [4.69, 9.17) is 10.5 Å². The van der Waals surface area contributed by atoms with E-state index < -0.39 is 0 Å². The predicted octanol–water partition coefficient (Wildman–Crippen LogP) is 3.76. The molecule has 0 saturated heterocycles. The zero-order valence-corrected chi connectivity index (χ0v) is 11.7. The van der Waals surface area contributed by atoms with Crippen molar-refractivity contribution >= 4 is 11.3 Å². The molecule has 1 heterocycles. The van der Waals surface area contributed by atoms with Gasteiger partial charge in [-0.15, -0.1) is 11.3 Å². The van der Waals surface area contributed by atoms with Crippen molar-refractivity contribution < 1.29 is 4.74 Å². The summed E-state index contributed by atoms with van der Waals surface area (Å²) in [6, 6.07) is 10.2. The molecule has 2 nitrogen and oxygen atoms in total. The third-order valence-electron chi connectivity index (χ3n) is 2.99. The van der Waals surface area contributed by atoms with E-state index >= 15 is 0 Å². The van der Waals surface area contributed by atoms with Crippen molar-refractivity contribution in [3.63, 3.8) is 0 Å². The van der Waals surface area contributed by atoms with Crippen LogP contribution >= 0.6 is 11.3 Å². The molecule has 0 aliphatic rings. The number of ether oxygens (including phenoxy) is 1. The van der Waals surface area contributed by atoms with Crippen molar-refractivity contribution in [3.8, 4) is 5.75 Å². The Morgan fingerprint density at radius 1 is 1.17 bits per heavy atom. The molecule has 0 spiro atoms. The second kappa shape index (κ2) is 6.03. The molecule has 18 heavy (non-hydrogen) atoms. The molecule has 2 rings (SSSR count). The molecule has 1 atom stereocenters. The monoisotopic (exact) mass is 261 g/mol. The van der Waals surface area contributed by atoms with Crippen molar-refractivity contribution in [3.05, 3.63) is 51.7 Å². The number of hydrogen-bond acceptors (Lipinski definition) is 3. The molecule has 0 bridgehead atoms. The second-order valence-corrected chi connectivity index (χ2v) is 5.09. The first-order valence-electron chi connectivity index (χ1n) is 6.30. The molecule has 0 radical (unpaired) electrons. The Hall–Kier alpha value is -1.32. The first-order chi connectivity index (χ1) is 8.76. The minimum absolute atomic E-state index is 0.0318. The molecular formula is C15H19NOS. The van der Waals surface area contributed by atoms with E-state index in [2.05, 4.69) is 30.5 Å². The van der Waals surface area contributed by atoms with Crippen molar-refractivity contribution in [2.45, 2.75) is 26.3 Å². The fourth-order valence-electron chi connectivity index (χ4n) is 2.00. The van der Waals surface area contributed by atoms with Crippen LogP contribution in [0.4, 0.5) is 0 Å². The van der Waals surface area contributed by atoms with Gasteiger partial charge in [0.15, 0.2) is 0 Å². The lowest BCUT2D eigenvalue weighted by Gasteiger charge is -2.13. The van der Waals surface area contributed by atoms with Gasteiger partial charge in [-0.25, -0.2) is 0 Å². The number of rotatable bonds is 5. The van der Waals surface area contributed by atoms with Crippen LogP contribution in [0, 0.1) is 0 Å². The topological polar surface area (TPSA) is 35.2 Å². The second-order valence-electron chi connectivity index (χ2n) is 4.14. The van der Waals surface area contributed by atoms with E-state index in [1.165, 1.54) is 10.4 Å². The van der Waals surface area contributed by atoms with Crippen molar-refractivity contribution in [2.75, 3.05) is 6.61 Å². The molecule has 0 saturated carbocycles. The molecule has 1 unspecified atom stereocenters. The molecule has 1 aromatic heterocycles. The Morgan fingerprint density at radius 3 is 2.50 bits per heavy atom. The van der Waals surface area contributed by atoms with Crippen LogP contribution < -0.4 is 10.5 Å². The van der Waals surface area contributed by atoms with Crippen molar-refractivity contribution in [1.29, 1.82) is 0 Å². The van der Waals surface area contributed by atoms with Gasteiger partial charge in [0.1, 0.15) is 5.75 Å². The van der Waals surface area contributed by atoms with Gasteiger partial charge in [-0.2, -0.15) is 0 Å². The Balaban J connectivity index is 2.20. The molecule has 0 aliphatic carbocycles. The van der Waals surface area contributed by atoms with Crippen LogP contribution in [0.3, 0.4) is 0 Å². The molecule has 1 aromatic carbocycles. The summed E-state index contributed by atoms with van der Waals surface area (Å²) in [5.74, 6) is 0.898. The molecule has 2 N–H and O–H groups in total. The Kier molecular flexibility index (Phi) is 4.39. The van der Waals surface area contributed by atoms with E-state index in [1.54, 1.807) is 11.3 Å². The zero-order valence-electron chi connectivity index (χ0n) is 10.8. The number of nitrogens with two attached hydrogens (primary N) is 1. The summed E-state index contributed by atoms with van der Waals surface area (Å²) in [5, 5.41) is 2.11. The first kappa shape index (κ1) is 13.1. The highest BCUT2D eigenvalue weighted by Gasteiger charge is 2.13. The summed E-state index contributed by atoms with van der Waals surface area (Å²) in [7, 11) is 0. The Morgan fingerprint density at radius 2 is 1.89 bits per heavy atom. The quantitative estimate of drug-likeness (QED) is 0.889. The molecule has 96 valence electrons. The van der Waals surface area contributed by atoms with Crippen LogP contribution in [-0.2, 0) is 6.42 Å². The SMILES string of the molecule is CCOc1ccc(C(N)c2sccc2CC)cc1. The lowest BCUT2D eigenvalue weighted by Crippen LogP contribution is -2.11. The average molecular weight is 261 g/mol. The van der Waals surface area contributed by atoms with Crippen LogP contribution in [0.1, 0.15) is 35.9 Å². The minimum Gasteiger partial charge on any atom is -0.494 e. The van der Waals surface area contributed by atoms with Gasteiger partial charge in [-0.05, 0) is 48.1 Å². The normalized spacial score (nSPS) is 12.4.